The molecular formula is C13H18N4O3S. The summed E-state index contributed by atoms with van der Waals surface area (Å²) >= 11 is -1.93. The van der Waals surface area contributed by atoms with Crippen molar-refractivity contribution >= 4 is 22.3 Å². The molecule has 1 aromatic heterocycles. The molecule has 1 heterocycles. The number of hydrogen-bond acceptors (Lipinski definition) is 4. The van der Waals surface area contributed by atoms with E-state index in [9.17, 15) is 4.21 Å². The molecule has 3 unspecified atom stereocenters. The maximum absolute atomic E-state index is 10.7. The number of nitrogens with one attached hydrogen (secondary N) is 1. The molecule has 1 fully saturated rings. The Kier molecular flexibility index (Phi) is 4.18. The Morgan fingerprint density at radius 1 is 1.52 bits per heavy atom. The van der Waals surface area contributed by atoms with Gasteiger partial charge in [0.2, 0.25) is 11.3 Å². The zero-order valence-electron chi connectivity index (χ0n) is 11.7. The molecular weight excluding hydrogens is 292 g/mol. The molecule has 1 aliphatic rings. The Bertz CT molecular complexity index is 660. The highest BCUT2D eigenvalue weighted by Gasteiger charge is 2.28. The second kappa shape index (κ2) is 6.08. The molecule has 7 nitrogen and oxygen atoms in total. The van der Waals surface area contributed by atoms with Crippen LogP contribution in [-0.4, -0.2) is 37.4 Å². The molecule has 0 aliphatic heterocycles. The maximum atomic E-state index is 10.7. The van der Waals surface area contributed by atoms with Crippen molar-refractivity contribution in [2.24, 2.45) is 5.92 Å². The summed E-state index contributed by atoms with van der Waals surface area (Å²) < 4.78 is 29.2. The van der Waals surface area contributed by atoms with E-state index in [4.69, 9.17) is 9.29 Å². The molecule has 8 heteroatoms. The summed E-state index contributed by atoms with van der Waals surface area (Å²) in [6.45, 7) is 0.556. The van der Waals surface area contributed by atoms with Crippen LogP contribution in [0.1, 0.15) is 25.3 Å². The third-order valence-electron chi connectivity index (χ3n) is 4.03. The van der Waals surface area contributed by atoms with Crippen molar-refractivity contribution in [1.82, 2.24) is 19.7 Å². The van der Waals surface area contributed by atoms with Gasteiger partial charge in [-0.1, -0.05) is 5.21 Å². The highest BCUT2D eigenvalue weighted by atomic mass is 32.2. The van der Waals surface area contributed by atoms with Gasteiger partial charge in [-0.2, -0.15) is 0 Å². The first-order valence-corrected chi connectivity index (χ1v) is 8.01. The monoisotopic (exact) mass is 310 g/mol. The van der Waals surface area contributed by atoms with Crippen molar-refractivity contribution in [2.45, 2.75) is 25.3 Å². The van der Waals surface area contributed by atoms with Crippen molar-refractivity contribution in [1.29, 1.82) is 0 Å². The zero-order chi connectivity index (χ0) is 14.8. The minimum absolute atomic E-state index is 0.294. The fourth-order valence-electron chi connectivity index (χ4n) is 2.96. The van der Waals surface area contributed by atoms with Crippen LogP contribution in [0.5, 0.6) is 5.75 Å². The SMILES string of the molecule is COc1ccc2c(c1)nnn2C1CCC(CNS(=O)O)C1. The molecule has 1 aliphatic carbocycles. The van der Waals surface area contributed by atoms with Crippen molar-refractivity contribution in [3.05, 3.63) is 18.2 Å². The molecule has 2 N–H and O–H groups in total. The lowest BCUT2D eigenvalue weighted by molar-refractivity contribution is 0.415. The van der Waals surface area contributed by atoms with Crippen molar-refractivity contribution in [2.75, 3.05) is 13.7 Å². The van der Waals surface area contributed by atoms with E-state index in [0.29, 0.717) is 18.5 Å². The molecule has 21 heavy (non-hydrogen) atoms. The number of benzene rings is 1. The average molecular weight is 310 g/mol. The van der Waals surface area contributed by atoms with Gasteiger partial charge in [-0.3, -0.25) is 4.55 Å². The standard InChI is InChI=1S/C13H18N4O3S/c1-20-11-4-5-13-12(7-11)15-16-17(13)10-3-2-9(6-10)8-14-21(18)19/h4-5,7,9-10,14H,2-3,6,8H2,1H3,(H,18,19). The predicted molar refractivity (Wildman–Crippen MR) is 79.2 cm³/mol. The summed E-state index contributed by atoms with van der Waals surface area (Å²) in [4.78, 5) is 0. The molecule has 0 radical (unpaired) electrons. The third-order valence-corrected chi connectivity index (χ3v) is 4.45. The van der Waals surface area contributed by atoms with Gasteiger partial charge in [0.15, 0.2) is 0 Å². The van der Waals surface area contributed by atoms with Crippen LogP contribution >= 0.6 is 0 Å². The number of methoxy groups -OCH3 is 1. The lowest BCUT2D eigenvalue weighted by atomic mass is 10.1. The number of hydrogen-bond donors (Lipinski definition) is 2. The van der Waals surface area contributed by atoms with Crippen LogP contribution < -0.4 is 9.46 Å². The highest BCUT2D eigenvalue weighted by molar-refractivity contribution is 7.77. The van der Waals surface area contributed by atoms with Crippen LogP contribution in [0.15, 0.2) is 18.2 Å². The second-order valence-electron chi connectivity index (χ2n) is 5.32. The zero-order valence-corrected chi connectivity index (χ0v) is 12.5. The Balaban J connectivity index is 1.74. The van der Waals surface area contributed by atoms with E-state index in [1.54, 1.807) is 7.11 Å². The normalized spacial score (nSPS) is 23.5. The highest BCUT2D eigenvalue weighted by Crippen LogP contribution is 2.35. The van der Waals surface area contributed by atoms with Gasteiger partial charge in [-0.05, 0) is 37.3 Å². The van der Waals surface area contributed by atoms with Crippen LogP contribution in [0.25, 0.3) is 11.0 Å². The fraction of sp³-hybridized carbons (Fsp3) is 0.538. The predicted octanol–water partition coefficient (Wildman–Crippen LogP) is 1.51. The van der Waals surface area contributed by atoms with E-state index >= 15 is 0 Å². The summed E-state index contributed by atoms with van der Waals surface area (Å²) in [5, 5.41) is 8.46. The Labute approximate surface area is 125 Å². The first kappa shape index (κ1) is 14.4. The van der Waals surface area contributed by atoms with Crippen LogP contribution in [0.3, 0.4) is 0 Å². The van der Waals surface area contributed by atoms with Gasteiger partial charge >= 0.3 is 0 Å². The minimum Gasteiger partial charge on any atom is -0.497 e. The smallest absolute Gasteiger partial charge is 0.231 e. The van der Waals surface area contributed by atoms with Crippen molar-refractivity contribution in [3.8, 4) is 5.75 Å². The van der Waals surface area contributed by atoms with Gasteiger partial charge in [0.05, 0.1) is 18.7 Å². The number of rotatable bonds is 5. The second-order valence-corrected chi connectivity index (χ2v) is 6.11. The summed E-state index contributed by atoms with van der Waals surface area (Å²) in [6.07, 6.45) is 2.97. The number of fused-ring (bicyclic) bond motifs is 1. The molecule has 3 rings (SSSR count). The fourth-order valence-corrected chi connectivity index (χ4v) is 3.34. The lowest BCUT2D eigenvalue weighted by Crippen LogP contribution is -2.23. The molecule has 2 aromatic rings. The van der Waals surface area contributed by atoms with E-state index in [-0.39, 0.29) is 0 Å². The molecule has 0 bridgehead atoms. The van der Waals surface area contributed by atoms with Gasteiger partial charge in [0, 0.05) is 12.6 Å². The van der Waals surface area contributed by atoms with Crippen molar-refractivity contribution < 1.29 is 13.5 Å². The number of aromatic nitrogens is 3. The summed E-state index contributed by atoms with van der Waals surface area (Å²) in [5.41, 5.74) is 1.83. The van der Waals surface area contributed by atoms with Crippen LogP contribution in [0, 0.1) is 5.92 Å². The van der Waals surface area contributed by atoms with Crippen LogP contribution in [-0.2, 0) is 11.3 Å². The molecule has 114 valence electrons. The first-order chi connectivity index (χ1) is 10.2. The quantitative estimate of drug-likeness (QED) is 0.817. The molecule has 3 atom stereocenters. The van der Waals surface area contributed by atoms with Gasteiger partial charge < -0.3 is 4.74 Å². The molecule has 1 saturated carbocycles. The Hall–Kier alpha value is -1.51. The van der Waals surface area contributed by atoms with Gasteiger partial charge in [-0.25, -0.2) is 13.6 Å². The van der Waals surface area contributed by atoms with E-state index in [0.717, 1.165) is 36.0 Å². The summed E-state index contributed by atoms with van der Waals surface area (Å²) in [5.74, 6) is 1.16. The Morgan fingerprint density at radius 3 is 3.14 bits per heavy atom. The lowest BCUT2D eigenvalue weighted by Gasteiger charge is -2.12. The number of ether oxygens (including phenoxy) is 1. The van der Waals surface area contributed by atoms with Crippen LogP contribution in [0.2, 0.25) is 0 Å². The maximum Gasteiger partial charge on any atom is 0.231 e. The van der Waals surface area contributed by atoms with Gasteiger partial charge in [0.1, 0.15) is 11.3 Å². The van der Waals surface area contributed by atoms with E-state index < -0.39 is 11.3 Å². The summed E-state index contributed by atoms with van der Waals surface area (Å²) in [6, 6.07) is 6.05. The number of nitrogens with zero attached hydrogens (tertiary/aromatic N) is 3. The van der Waals surface area contributed by atoms with Crippen molar-refractivity contribution in [3.63, 3.8) is 0 Å². The molecule has 1 aromatic carbocycles. The largest absolute Gasteiger partial charge is 0.497 e. The van der Waals surface area contributed by atoms with Gasteiger partial charge in [0.25, 0.3) is 0 Å². The third kappa shape index (κ3) is 3.07. The average Bonchev–Trinajstić information content (AvgIpc) is 3.10. The van der Waals surface area contributed by atoms with Crippen LogP contribution in [0.4, 0.5) is 0 Å². The first-order valence-electron chi connectivity index (χ1n) is 6.90. The molecule has 0 amide bonds. The molecule has 0 saturated heterocycles. The minimum atomic E-state index is -1.93. The van der Waals surface area contributed by atoms with Gasteiger partial charge in [-0.15, -0.1) is 5.10 Å². The topological polar surface area (TPSA) is 89.3 Å². The van der Waals surface area contributed by atoms with E-state index in [1.165, 1.54) is 0 Å². The summed E-state index contributed by atoms with van der Waals surface area (Å²) in [7, 11) is 1.63. The molecule has 0 spiro atoms. The van der Waals surface area contributed by atoms with E-state index in [2.05, 4.69) is 15.0 Å². The Morgan fingerprint density at radius 2 is 2.38 bits per heavy atom. The van der Waals surface area contributed by atoms with E-state index in [1.807, 2.05) is 22.9 Å².